The Labute approximate surface area is 194 Å². The van der Waals surface area contributed by atoms with Crippen LogP contribution in [0.5, 0.6) is 5.75 Å². The molecule has 4 rings (SSSR count). The van der Waals surface area contributed by atoms with E-state index in [1.807, 2.05) is 129 Å². The summed E-state index contributed by atoms with van der Waals surface area (Å²) in [6, 6.07) is 23.8. The van der Waals surface area contributed by atoms with Gasteiger partial charge in [0.05, 0.1) is 5.69 Å². The van der Waals surface area contributed by atoms with Gasteiger partial charge in [-0.3, -0.25) is 0 Å². The molecule has 0 saturated heterocycles. The van der Waals surface area contributed by atoms with Gasteiger partial charge in [0.25, 0.3) is 0 Å². The molecule has 4 aromatic carbocycles. The summed E-state index contributed by atoms with van der Waals surface area (Å²) in [7, 11) is 0. The van der Waals surface area contributed by atoms with Crippen molar-refractivity contribution in [3.63, 3.8) is 0 Å². The van der Waals surface area contributed by atoms with Crippen LogP contribution in [0.15, 0.2) is 83.0 Å². The fraction of sp³-hybridized carbons (Fsp3) is 0.310. The molecule has 0 bridgehead atoms. The van der Waals surface area contributed by atoms with Crippen LogP contribution in [0.3, 0.4) is 0 Å². The van der Waals surface area contributed by atoms with Crippen LogP contribution in [0.25, 0.3) is 21.5 Å². The highest BCUT2D eigenvalue weighted by Crippen LogP contribution is 2.38. The van der Waals surface area contributed by atoms with Gasteiger partial charge in [-0.25, -0.2) is 0 Å². The van der Waals surface area contributed by atoms with E-state index in [1.54, 1.807) is 0 Å². The number of phenols is 1. The summed E-state index contributed by atoms with van der Waals surface area (Å²) < 4.78 is 0. The standard InChI is InChI=1S/C21H16N2O.4C2H6/c1-14-12-17-8-4-5-9-19(17)21(24)20(14)23-22-18-11-10-15-6-2-3-7-16(15)13-18;4*1-2/h2-13,24H,1H3;4*1-2H3. The van der Waals surface area contributed by atoms with Crippen molar-refractivity contribution >= 4 is 32.9 Å². The van der Waals surface area contributed by atoms with Crippen LogP contribution in [0.1, 0.15) is 61.0 Å². The molecule has 0 amide bonds. The SMILES string of the molecule is CC.CC.CC.CC.Cc1cc2ccccc2c(O)c1N=Nc1ccc2ccccc2c1. The van der Waals surface area contributed by atoms with Crippen LogP contribution < -0.4 is 0 Å². The number of nitrogens with zero attached hydrogens (tertiary/aromatic N) is 2. The lowest BCUT2D eigenvalue weighted by molar-refractivity contribution is 0.482. The molecule has 4 aromatic rings. The summed E-state index contributed by atoms with van der Waals surface area (Å²) in [5.41, 5.74) is 2.18. The Morgan fingerprint density at radius 1 is 0.562 bits per heavy atom. The van der Waals surface area contributed by atoms with E-state index in [2.05, 4.69) is 16.3 Å². The van der Waals surface area contributed by atoms with Crippen molar-refractivity contribution in [2.45, 2.75) is 62.3 Å². The summed E-state index contributed by atoms with van der Waals surface area (Å²) in [5.74, 6) is 0.176. The monoisotopic (exact) mass is 432 g/mol. The number of azo groups is 1. The number of fused-ring (bicyclic) bond motifs is 2. The van der Waals surface area contributed by atoms with Crippen molar-refractivity contribution in [1.82, 2.24) is 0 Å². The third-order valence-electron chi connectivity index (χ3n) is 4.18. The van der Waals surface area contributed by atoms with E-state index >= 15 is 0 Å². The molecule has 0 aliphatic carbocycles. The highest BCUT2D eigenvalue weighted by Gasteiger charge is 2.09. The maximum absolute atomic E-state index is 10.5. The molecule has 0 aliphatic heterocycles. The number of phenolic OH excluding ortho intramolecular Hbond substituents is 1. The predicted molar refractivity (Wildman–Crippen MR) is 144 cm³/mol. The molecular weight excluding hydrogens is 392 g/mol. The van der Waals surface area contributed by atoms with E-state index in [0.717, 1.165) is 27.4 Å². The zero-order chi connectivity index (χ0) is 24.5. The number of aromatic hydroxyl groups is 1. The lowest BCUT2D eigenvalue weighted by atomic mass is 10.0. The summed E-state index contributed by atoms with van der Waals surface area (Å²) >= 11 is 0. The molecule has 0 heterocycles. The minimum atomic E-state index is 0.176. The topological polar surface area (TPSA) is 45.0 Å². The van der Waals surface area contributed by atoms with E-state index in [-0.39, 0.29) is 5.75 Å². The number of rotatable bonds is 2. The first kappa shape index (κ1) is 28.8. The Morgan fingerprint density at radius 2 is 1.09 bits per heavy atom. The second kappa shape index (κ2) is 16.5. The van der Waals surface area contributed by atoms with Crippen molar-refractivity contribution in [2.75, 3.05) is 0 Å². The fourth-order valence-electron chi connectivity index (χ4n) is 2.93. The molecule has 32 heavy (non-hydrogen) atoms. The van der Waals surface area contributed by atoms with E-state index in [0.29, 0.717) is 5.69 Å². The first-order valence-electron chi connectivity index (χ1n) is 11.8. The molecule has 0 unspecified atom stereocenters. The normalized spacial score (nSPS) is 9.41. The average Bonchev–Trinajstić information content (AvgIpc) is 2.88. The Bertz CT molecular complexity index is 1080. The van der Waals surface area contributed by atoms with Crippen molar-refractivity contribution in [3.05, 3.63) is 78.4 Å². The maximum Gasteiger partial charge on any atom is 0.151 e. The maximum atomic E-state index is 10.5. The molecule has 3 heteroatoms. The molecule has 1 N–H and O–H groups in total. The van der Waals surface area contributed by atoms with Gasteiger partial charge in [-0.1, -0.05) is 110 Å². The molecule has 0 atom stereocenters. The first-order valence-corrected chi connectivity index (χ1v) is 11.8. The van der Waals surface area contributed by atoms with Gasteiger partial charge in [-0.2, -0.15) is 5.11 Å². The Balaban J connectivity index is 0.00000109. The first-order chi connectivity index (χ1) is 15.7. The second-order valence-electron chi connectivity index (χ2n) is 5.84. The smallest absolute Gasteiger partial charge is 0.151 e. The lowest BCUT2D eigenvalue weighted by Crippen LogP contribution is -1.80. The summed E-state index contributed by atoms with van der Waals surface area (Å²) in [4.78, 5) is 0. The number of aryl methyl sites for hydroxylation is 1. The Hall–Kier alpha value is -3.20. The van der Waals surface area contributed by atoms with Gasteiger partial charge in [0, 0.05) is 5.39 Å². The van der Waals surface area contributed by atoms with Crippen molar-refractivity contribution in [2.24, 2.45) is 10.2 Å². The van der Waals surface area contributed by atoms with E-state index in [4.69, 9.17) is 0 Å². The molecule has 0 fully saturated rings. The van der Waals surface area contributed by atoms with Crippen LogP contribution in [-0.4, -0.2) is 5.11 Å². The number of hydrogen-bond acceptors (Lipinski definition) is 3. The van der Waals surface area contributed by atoms with Gasteiger partial charge in [0.2, 0.25) is 0 Å². The highest BCUT2D eigenvalue weighted by atomic mass is 16.3. The van der Waals surface area contributed by atoms with Crippen LogP contribution in [0.4, 0.5) is 11.4 Å². The van der Waals surface area contributed by atoms with Crippen molar-refractivity contribution < 1.29 is 5.11 Å². The molecule has 0 aromatic heterocycles. The van der Waals surface area contributed by atoms with Crippen LogP contribution in [0, 0.1) is 6.92 Å². The van der Waals surface area contributed by atoms with Crippen LogP contribution >= 0.6 is 0 Å². The zero-order valence-corrected chi connectivity index (χ0v) is 21.3. The molecule has 0 spiro atoms. The number of hydrogen-bond donors (Lipinski definition) is 1. The highest BCUT2D eigenvalue weighted by molar-refractivity contribution is 5.93. The minimum Gasteiger partial charge on any atom is -0.505 e. The Morgan fingerprint density at radius 3 is 1.72 bits per heavy atom. The van der Waals surface area contributed by atoms with Gasteiger partial charge in [0.15, 0.2) is 5.75 Å². The summed E-state index contributed by atoms with van der Waals surface area (Å²) in [6.45, 7) is 17.9. The molecule has 0 radical (unpaired) electrons. The van der Waals surface area contributed by atoms with Crippen molar-refractivity contribution in [3.8, 4) is 5.75 Å². The van der Waals surface area contributed by atoms with Crippen LogP contribution in [-0.2, 0) is 0 Å². The van der Waals surface area contributed by atoms with Crippen molar-refractivity contribution in [1.29, 1.82) is 0 Å². The van der Waals surface area contributed by atoms with Gasteiger partial charge in [0.1, 0.15) is 5.69 Å². The molecule has 172 valence electrons. The van der Waals surface area contributed by atoms with Gasteiger partial charge >= 0.3 is 0 Å². The third kappa shape index (κ3) is 7.49. The molecule has 0 saturated carbocycles. The minimum absolute atomic E-state index is 0.176. The largest absolute Gasteiger partial charge is 0.505 e. The fourth-order valence-corrected chi connectivity index (χ4v) is 2.93. The lowest BCUT2D eigenvalue weighted by Gasteiger charge is -2.07. The number of benzene rings is 4. The van der Waals surface area contributed by atoms with E-state index in [9.17, 15) is 5.11 Å². The molecule has 0 aliphatic rings. The summed E-state index contributed by atoms with van der Waals surface area (Å²) in [6.07, 6.45) is 0. The second-order valence-corrected chi connectivity index (χ2v) is 5.84. The quantitative estimate of drug-likeness (QED) is 0.314. The van der Waals surface area contributed by atoms with Crippen LogP contribution in [0.2, 0.25) is 0 Å². The summed E-state index contributed by atoms with van der Waals surface area (Å²) in [5, 5.41) is 23.2. The molecular formula is C29H40N2O. The average molecular weight is 433 g/mol. The Kier molecular flexibility index (Phi) is 14.8. The van der Waals surface area contributed by atoms with E-state index < -0.39 is 0 Å². The molecule has 3 nitrogen and oxygen atoms in total. The predicted octanol–water partition coefficient (Wildman–Crippen LogP) is 10.5. The zero-order valence-electron chi connectivity index (χ0n) is 21.3. The third-order valence-corrected chi connectivity index (χ3v) is 4.18. The van der Waals surface area contributed by atoms with Gasteiger partial charge in [-0.15, -0.1) is 5.11 Å². The van der Waals surface area contributed by atoms with Gasteiger partial charge in [-0.05, 0) is 46.8 Å². The van der Waals surface area contributed by atoms with Gasteiger partial charge < -0.3 is 5.11 Å². The van der Waals surface area contributed by atoms with E-state index in [1.165, 1.54) is 5.39 Å².